The van der Waals surface area contributed by atoms with E-state index < -0.39 is 29.2 Å². The van der Waals surface area contributed by atoms with Gasteiger partial charge in [-0.3, -0.25) is 0 Å². The molecular formula is C12H5F6OS. The molecule has 1 radical (unpaired) electrons. The number of hydrogen-bond acceptors (Lipinski definition) is 2. The highest BCUT2D eigenvalue weighted by Crippen LogP contribution is 2.42. The molecule has 0 unspecified atom stereocenters. The maximum absolute atomic E-state index is 12.8. The Morgan fingerprint density at radius 1 is 1.00 bits per heavy atom. The number of ether oxygens (including phenoxy) is 1. The van der Waals surface area contributed by atoms with Crippen molar-refractivity contribution in [1.29, 1.82) is 0 Å². The quantitative estimate of drug-likeness (QED) is 0.677. The van der Waals surface area contributed by atoms with Crippen LogP contribution in [0.3, 0.4) is 0 Å². The fourth-order valence-corrected chi connectivity index (χ4v) is 1.93. The second-order valence-corrected chi connectivity index (χ2v) is 4.55. The topological polar surface area (TPSA) is 9.23 Å². The van der Waals surface area contributed by atoms with Gasteiger partial charge in [0, 0.05) is 11.4 Å². The van der Waals surface area contributed by atoms with Gasteiger partial charge in [-0.25, -0.2) is 0 Å². The largest absolute Gasteiger partial charge is 0.446 e. The lowest BCUT2D eigenvalue weighted by molar-refractivity contribution is -0.143. The Hall–Kier alpha value is -1.70. The third-order valence-electron chi connectivity index (χ3n) is 2.27. The van der Waals surface area contributed by atoms with Gasteiger partial charge >= 0.3 is 12.4 Å². The highest BCUT2D eigenvalue weighted by Gasteiger charge is 2.39. The van der Waals surface area contributed by atoms with Crippen molar-refractivity contribution in [3.63, 3.8) is 0 Å². The monoisotopic (exact) mass is 311 g/mol. The molecule has 1 heterocycles. The molecule has 0 fully saturated rings. The van der Waals surface area contributed by atoms with Crippen molar-refractivity contribution >= 4 is 11.3 Å². The van der Waals surface area contributed by atoms with Crippen LogP contribution in [0.5, 0.6) is 10.8 Å². The molecule has 1 aromatic carbocycles. The predicted octanol–water partition coefficient (Wildman–Crippen LogP) is 5.38. The molecule has 0 aliphatic rings. The molecule has 1 nitrogen and oxygen atoms in total. The Morgan fingerprint density at radius 3 is 2.20 bits per heavy atom. The standard InChI is InChI=1S/C12H5F6OS/c13-11(14,15)7-3-4-9(8(6-7)12(16,17)18)19-10-2-1-5-20-10/h2-6H. The first kappa shape index (κ1) is 14.7. The van der Waals surface area contributed by atoms with Gasteiger partial charge in [-0.1, -0.05) is 0 Å². The van der Waals surface area contributed by atoms with Gasteiger partial charge in [-0.05, 0) is 24.3 Å². The van der Waals surface area contributed by atoms with Gasteiger partial charge in [0.1, 0.15) is 5.75 Å². The van der Waals surface area contributed by atoms with Crippen molar-refractivity contribution in [3.8, 4) is 10.8 Å². The zero-order chi connectivity index (χ0) is 15.0. The minimum absolute atomic E-state index is 0.0344. The average molecular weight is 311 g/mol. The number of benzene rings is 1. The maximum Gasteiger partial charge on any atom is 0.420 e. The molecular weight excluding hydrogens is 306 g/mol. The molecule has 0 aliphatic heterocycles. The first-order chi connectivity index (χ1) is 9.18. The third kappa shape index (κ3) is 3.24. The van der Waals surface area contributed by atoms with Crippen molar-refractivity contribution in [2.24, 2.45) is 0 Å². The van der Waals surface area contributed by atoms with Crippen LogP contribution in [0.4, 0.5) is 26.3 Å². The van der Waals surface area contributed by atoms with Gasteiger partial charge in [-0.15, -0.1) is 11.3 Å². The number of halogens is 6. The highest BCUT2D eigenvalue weighted by atomic mass is 32.1. The van der Waals surface area contributed by atoms with Gasteiger partial charge < -0.3 is 4.74 Å². The first-order valence-corrected chi connectivity index (χ1v) is 5.97. The van der Waals surface area contributed by atoms with Crippen LogP contribution in [0.1, 0.15) is 11.1 Å². The summed E-state index contributed by atoms with van der Waals surface area (Å²) in [5.74, 6) is -0.679. The van der Waals surface area contributed by atoms with Gasteiger partial charge in [0.2, 0.25) is 0 Å². The van der Waals surface area contributed by atoms with E-state index >= 15 is 0 Å². The van der Waals surface area contributed by atoms with E-state index in [1.807, 2.05) is 0 Å². The van der Waals surface area contributed by atoms with Crippen molar-refractivity contribution < 1.29 is 31.1 Å². The fourth-order valence-electron chi connectivity index (χ4n) is 1.41. The van der Waals surface area contributed by atoms with Crippen LogP contribution in [-0.2, 0) is 12.4 Å². The minimum Gasteiger partial charge on any atom is -0.446 e. The molecule has 0 saturated heterocycles. The Kier molecular flexibility index (Phi) is 3.68. The first-order valence-electron chi connectivity index (χ1n) is 5.09. The highest BCUT2D eigenvalue weighted by molar-refractivity contribution is 7.11. The molecule has 0 aliphatic carbocycles. The number of rotatable bonds is 2. The SMILES string of the molecule is FC(F)(F)c1ccc(Oc2c[c]cs2)c(C(F)(F)F)c1. The molecule has 2 aromatic rings. The summed E-state index contributed by atoms with van der Waals surface area (Å²) in [4.78, 5) is 0. The van der Waals surface area contributed by atoms with Crippen molar-refractivity contribution in [1.82, 2.24) is 0 Å². The second kappa shape index (κ2) is 5.01. The minimum atomic E-state index is -4.95. The zero-order valence-electron chi connectivity index (χ0n) is 9.47. The van der Waals surface area contributed by atoms with Crippen molar-refractivity contribution in [2.75, 3.05) is 0 Å². The summed E-state index contributed by atoms with van der Waals surface area (Å²) >= 11 is 0.979. The number of hydrogen-bond donors (Lipinski definition) is 0. The molecule has 20 heavy (non-hydrogen) atoms. The van der Waals surface area contributed by atoms with E-state index in [1.54, 1.807) is 0 Å². The van der Waals surface area contributed by atoms with Gasteiger partial charge in [0.25, 0.3) is 0 Å². The molecule has 0 N–H and O–H groups in total. The van der Waals surface area contributed by atoms with Gasteiger partial charge in [-0.2, -0.15) is 26.3 Å². The third-order valence-corrected chi connectivity index (χ3v) is 2.95. The van der Waals surface area contributed by atoms with Crippen molar-refractivity contribution in [2.45, 2.75) is 12.4 Å². The Bertz CT molecular complexity index is 585. The van der Waals surface area contributed by atoms with Crippen LogP contribution < -0.4 is 4.74 Å². The summed E-state index contributed by atoms with van der Waals surface area (Å²) in [7, 11) is 0. The van der Waals surface area contributed by atoms with E-state index in [2.05, 4.69) is 6.07 Å². The lowest BCUT2D eigenvalue weighted by atomic mass is 10.1. The van der Waals surface area contributed by atoms with Crippen LogP contribution in [0.15, 0.2) is 29.6 Å². The van der Waals surface area contributed by atoms with E-state index in [4.69, 9.17) is 4.74 Å². The zero-order valence-corrected chi connectivity index (χ0v) is 10.3. The molecule has 0 atom stereocenters. The van der Waals surface area contributed by atoms with Crippen molar-refractivity contribution in [3.05, 3.63) is 46.8 Å². The molecule has 8 heteroatoms. The van der Waals surface area contributed by atoms with Crippen LogP contribution >= 0.6 is 11.3 Å². The normalized spacial score (nSPS) is 12.5. The maximum atomic E-state index is 12.8. The number of thiophene rings is 1. The summed E-state index contributed by atoms with van der Waals surface area (Å²) in [6, 6.07) is 5.11. The van der Waals surface area contributed by atoms with Gasteiger partial charge in [0.05, 0.1) is 11.1 Å². The summed E-state index contributed by atoms with van der Waals surface area (Å²) in [5.41, 5.74) is -2.85. The van der Waals surface area contributed by atoms with Crippen LogP contribution in [-0.4, -0.2) is 0 Å². The van der Waals surface area contributed by atoms with E-state index in [-0.39, 0.29) is 11.1 Å². The van der Waals surface area contributed by atoms with E-state index in [0.29, 0.717) is 12.1 Å². The van der Waals surface area contributed by atoms with E-state index in [0.717, 1.165) is 11.3 Å². The van der Waals surface area contributed by atoms with Crippen LogP contribution in [0.25, 0.3) is 0 Å². The molecule has 1 aromatic heterocycles. The predicted molar refractivity (Wildman–Crippen MR) is 59.7 cm³/mol. The average Bonchev–Trinajstić information content (AvgIpc) is 2.79. The summed E-state index contributed by atoms with van der Waals surface area (Å²) in [6.45, 7) is 0. The fraction of sp³-hybridized carbons (Fsp3) is 0.167. The second-order valence-electron chi connectivity index (χ2n) is 3.67. The summed E-state index contributed by atoms with van der Waals surface area (Å²) in [5, 5.41) is 1.56. The summed E-state index contributed by atoms with van der Waals surface area (Å²) in [6.07, 6.45) is -9.80. The molecule has 0 spiro atoms. The van der Waals surface area contributed by atoms with Crippen LogP contribution in [0, 0.1) is 6.07 Å². The smallest absolute Gasteiger partial charge is 0.420 e. The Labute approximate surface area is 113 Å². The Balaban J connectivity index is 2.46. The lowest BCUT2D eigenvalue weighted by Gasteiger charge is -2.15. The number of alkyl halides is 6. The summed E-state index contributed by atoms with van der Waals surface area (Å²) < 4.78 is 80.7. The Morgan fingerprint density at radius 2 is 1.70 bits per heavy atom. The van der Waals surface area contributed by atoms with E-state index in [9.17, 15) is 26.3 Å². The molecule has 0 amide bonds. The molecule has 107 valence electrons. The molecule has 2 rings (SSSR count). The van der Waals surface area contributed by atoms with Gasteiger partial charge in [0.15, 0.2) is 5.06 Å². The molecule has 0 bridgehead atoms. The lowest BCUT2D eigenvalue weighted by Crippen LogP contribution is -2.11. The molecule has 0 saturated carbocycles. The van der Waals surface area contributed by atoms with E-state index in [1.165, 1.54) is 11.4 Å². The van der Waals surface area contributed by atoms with Crippen LogP contribution in [0.2, 0.25) is 0 Å².